The van der Waals surface area contributed by atoms with Crippen LogP contribution in [-0.4, -0.2) is 5.11 Å². The standard InChI is InChI=1S/C21H19NO/c1-16-2-10-19(11-3-16)22-20-12-6-17(7-13-20)4-5-18-8-14-21(23)15-9-18/h2-15,22-23H,1H3/b5-4+. The van der Waals surface area contributed by atoms with Crippen molar-refractivity contribution in [3.8, 4) is 5.75 Å². The molecule has 3 aromatic rings. The predicted molar refractivity (Wildman–Crippen MR) is 97.9 cm³/mol. The summed E-state index contributed by atoms with van der Waals surface area (Å²) < 4.78 is 0. The monoisotopic (exact) mass is 301 g/mol. The molecule has 23 heavy (non-hydrogen) atoms. The number of rotatable bonds is 4. The van der Waals surface area contributed by atoms with E-state index in [1.54, 1.807) is 12.1 Å². The molecule has 0 aliphatic rings. The SMILES string of the molecule is Cc1ccc(Nc2ccc(/C=C/c3ccc(O)cc3)cc2)cc1. The highest BCUT2D eigenvalue weighted by molar-refractivity contribution is 5.71. The molecule has 2 nitrogen and oxygen atoms in total. The summed E-state index contributed by atoms with van der Waals surface area (Å²) in [6, 6.07) is 23.8. The van der Waals surface area contributed by atoms with E-state index in [0.717, 1.165) is 22.5 Å². The summed E-state index contributed by atoms with van der Waals surface area (Å²) in [5, 5.41) is 12.7. The Balaban J connectivity index is 1.67. The van der Waals surface area contributed by atoms with E-state index in [1.165, 1.54) is 5.56 Å². The third-order valence-corrected chi connectivity index (χ3v) is 3.61. The number of hydrogen-bond donors (Lipinski definition) is 2. The van der Waals surface area contributed by atoms with Crippen LogP contribution in [0.1, 0.15) is 16.7 Å². The molecule has 2 heteroatoms. The Bertz CT molecular complexity index is 785. The quantitative estimate of drug-likeness (QED) is 0.613. The van der Waals surface area contributed by atoms with Crippen molar-refractivity contribution in [3.05, 3.63) is 89.5 Å². The van der Waals surface area contributed by atoms with Crippen LogP contribution in [0.2, 0.25) is 0 Å². The Morgan fingerprint density at radius 2 is 1.09 bits per heavy atom. The highest BCUT2D eigenvalue weighted by Gasteiger charge is 1.95. The second kappa shape index (κ2) is 6.84. The predicted octanol–water partition coefficient (Wildman–Crippen LogP) is 5.61. The average molecular weight is 301 g/mol. The molecule has 0 aliphatic carbocycles. The van der Waals surface area contributed by atoms with E-state index < -0.39 is 0 Å². The van der Waals surface area contributed by atoms with Crippen molar-refractivity contribution < 1.29 is 5.11 Å². The van der Waals surface area contributed by atoms with E-state index >= 15 is 0 Å². The lowest BCUT2D eigenvalue weighted by molar-refractivity contribution is 0.475. The summed E-state index contributed by atoms with van der Waals surface area (Å²) in [7, 11) is 0. The Kier molecular flexibility index (Phi) is 4.44. The first-order valence-corrected chi connectivity index (χ1v) is 7.60. The molecule has 3 aromatic carbocycles. The molecule has 0 heterocycles. The number of anilines is 2. The lowest BCUT2D eigenvalue weighted by atomic mass is 10.1. The highest BCUT2D eigenvalue weighted by atomic mass is 16.3. The molecule has 3 rings (SSSR count). The van der Waals surface area contributed by atoms with Crippen LogP contribution in [0.15, 0.2) is 72.8 Å². The smallest absolute Gasteiger partial charge is 0.115 e. The maximum absolute atomic E-state index is 9.28. The Morgan fingerprint density at radius 1 is 0.652 bits per heavy atom. The van der Waals surface area contributed by atoms with Gasteiger partial charge in [-0.05, 0) is 54.4 Å². The molecule has 0 unspecified atom stereocenters. The first-order valence-electron chi connectivity index (χ1n) is 7.60. The van der Waals surface area contributed by atoms with E-state index in [-0.39, 0.29) is 5.75 Å². The summed E-state index contributed by atoms with van der Waals surface area (Å²) in [5.41, 5.74) is 5.60. The van der Waals surface area contributed by atoms with Gasteiger partial charge in [-0.2, -0.15) is 0 Å². The fraction of sp³-hybridized carbons (Fsp3) is 0.0476. The summed E-state index contributed by atoms with van der Waals surface area (Å²) in [4.78, 5) is 0. The van der Waals surface area contributed by atoms with Gasteiger partial charge in [-0.25, -0.2) is 0 Å². The van der Waals surface area contributed by atoms with Crippen LogP contribution in [0.25, 0.3) is 12.2 Å². The van der Waals surface area contributed by atoms with Crippen molar-refractivity contribution in [1.29, 1.82) is 0 Å². The van der Waals surface area contributed by atoms with Crippen LogP contribution in [0, 0.1) is 6.92 Å². The average Bonchev–Trinajstić information content (AvgIpc) is 2.58. The fourth-order valence-electron chi connectivity index (χ4n) is 2.26. The van der Waals surface area contributed by atoms with Gasteiger partial charge in [0.25, 0.3) is 0 Å². The summed E-state index contributed by atoms with van der Waals surface area (Å²) >= 11 is 0. The molecular weight excluding hydrogens is 282 g/mol. The van der Waals surface area contributed by atoms with Crippen molar-refractivity contribution in [1.82, 2.24) is 0 Å². The van der Waals surface area contributed by atoms with Gasteiger partial charge in [0.05, 0.1) is 0 Å². The molecule has 0 fully saturated rings. The van der Waals surface area contributed by atoms with Crippen LogP contribution in [0.5, 0.6) is 5.75 Å². The Hall–Kier alpha value is -3.00. The fourth-order valence-corrected chi connectivity index (χ4v) is 2.26. The summed E-state index contributed by atoms with van der Waals surface area (Å²) in [6.45, 7) is 2.08. The lowest BCUT2D eigenvalue weighted by Gasteiger charge is -2.07. The van der Waals surface area contributed by atoms with Crippen LogP contribution < -0.4 is 5.32 Å². The van der Waals surface area contributed by atoms with E-state index in [4.69, 9.17) is 0 Å². The molecule has 0 saturated heterocycles. The number of aryl methyl sites for hydroxylation is 1. The molecule has 0 aliphatic heterocycles. The van der Waals surface area contributed by atoms with Gasteiger partial charge in [0.15, 0.2) is 0 Å². The lowest BCUT2D eigenvalue weighted by Crippen LogP contribution is -1.89. The zero-order valence-corrected chi connectivity index (χ0v) is 13.0. The van der Waals surface area contributed by atoms with Gasteiger partial charge in [-0.15, -0.1) is 0 Å². The van der Waals surface area contributed by atoms with Crippen molar-refractivity contribution in [2.24, 2.45) is 0 Å². The van der Waals surface area contributed by atoms with Crippen LogP contribution in [-0.2, 0) is 0 Å². The molecule has 0 aromatic heterocycles. The van der Waals surface area contributed by atoms with Crippen molar-refractivity contribution in [2.75, 3.05) is 5.32 Å². The molecule has 0 saturated carbocycles. The molecule has 0 radical (unpaired) electrons. The second-order valence-electron chi connectivity index (χ2n) is 5.54. The maximum atomic E-state index is 9.28. The van der Waals surface area contributed by atoms with E-state index in [2.05, 4.69) is 66.8 Å². The maximum Gasteiger partial charge on any atom is 0.115 e. The Morgan fingerprint density at radius 3 is 1.61 bits per heavy atom. The third-order valence-electron chi connectivity index (χ3n) is 3.61. The molecule has 0 bridgehead atoms. The van der Waals surface area contributed by atoms with E-state index in [9.17, 15) is 5.11 Å². The molecular formula is C21H19NO. The second-order valence-corrected chi connectivity index (χ2v) is 5.54. The number of nitrogens with one attached hydrogen (secondary N) is 1. The zero-order valence-electron chi connectivity index (χ0n) is 13.0. The van der Waals surface area contributed by atoms with Gasteiger partial charge in [0.2, 0.25) is 0 Å². The van der Waals surface area contributed by atoms with Crippen LogP contribution >= 0.6 is 0 Å². The largest absolute Gasteiger partial charge is 0.508 e. The normalized spacial score (nSPS) is 10.8. The summed E-state index contributed by atoms with van der Waals surface area (Å²) in [5.74, 6) is 0.286. The van der Waals surface area contributed by atoms with Gasteiger partial charge < -0.3 is 10.4 Å². The van der Waals surface area contributed by atoms with E-state index in [1.807, 2.05) is 18.2 Å². The third kappa shape index (κ3) is 4.24. The highest BCUT2D eigenvalue weighted by Crippen LogP contribution is 2.19. The van der Waals surface area contributed by atoms with Gasteiger partial charge in [0, 0.05) is 11.4 Å². The van der Waals surface area contributed by atoms with Crippen LogP contribution in [0.3, 0.4) is 0 Å². The molecule has 0 amide bonds. The number of phenols is 1. The van der Waals surface area contributed by atoms with Crippen molar-refractivity contribution in [2.45, 2.75) is 6.92 Å². The minimum Gasteiger partial charge on any atom is -0.508 e. The Labute approximate surface area is 136 Å². The van der Waals surface area contributed by atoms with Crippen molar-refractivity contribution in [3.63, 3.8) is 0 Å². The topological polar surface area (TPSA) is 32.3 Å². The number of phenolic OH excluding ortho intramolecular Hbond substituents is 1. The minimum atomic E-state index is 0.286. The van der Waals surface area contributed by atoms with Gasteiger partial charge >= 0.3 is 0 Å². The van der Waals surface area contributed by atoms with E-state index in [0.29, 0.717) is 0 Å². The van der Waals surface area contributed by atoms with Gasteiger partial charge in [0.1, 0.15) is 5.75 Å². The molecule has 2 N–H and O–H groups in total. The zero-order chi connectivity index (χ0) is 16.1. The molecule has 0 atom stereocenters. The number of benzene rings is 3. The van der Waals surface area contributed by atoms with Crippen LogP contribution in [0.4, 0.5) is 11.4 Å². The van der Waals surface area contributed by atoms with Gasteiger partial charge in [-0.3, -0.25) is 0 Å². The van der Waals surface area contributed by atoms with Gasteiger partial charge in [-0.1, -0.05) is 54.1 Å². The molecule has 114 valence electrons. The van der Waals surface area contributed by atoms with Crippen molar-refractivity contribution >= 4 is 23.5 Å². The molecule has 0 spiro atoms. The first kappa shape index (κ1) is 14.9. The number of hydrogen-bond acceptors (Lipinski definition) is 2. The first-order chi connectivity index (χ1) is 11.2. The minimum absolute atomic E-state index is 0.286. The number of aromatic hydroxyl groups is 1. The summed E-state index contributed by atoms with van der Waals surface area (Å²) in [6.07, 6.45) is 4.09.